The number of aromatic nitrogens is 2. The van der Waals surface area contributed by atoms with Crippen LogP contribution in [-0.2, 0) is 9.84 Å². The lowest BCUT2D eigenvalue weighted by molar-refractivity contribution is 0.175. The number of benzene rings is 1. The molecule has 0 aliphatic rings. The molecule has 1 unspecified atom stereocenters. The molecule has 2 aromatic rings. The lowest BCUT2D eigenvalue weighted by atomic mass is 10.1. The number of aliphatic hydroxyl groups is 1. The van der Waals surface area contributed by atoms with Crippen LogP contribution in [-0.4, -0.2) is 35.5 Å². The normalized spacial score (nSPS) is 13.7. The van der Waals surface area contributed by atoms with Crippen LogP contribution in [0.15, 0.2) is 30.6 Å². The molecule has 2 rings (SSSR count). The fourth-order valence-corrected chi connectivity index (χ4v) is 2.42. The highest BCUT2D eigenvalue weighted by Gasteiger charge is 2.14. The van der Waals surface area contributed by atoms with Crippen LogP contribution in [0.2, 0.25) is 0 Å². The van der Waals surface area contributed by atoms with E-state index in [1.54, 1.807) is 30.6 Å². The van der Waals surface area contributed by atoms with Crippen LogP contribution < -0.4 is 0 Å². The summed E-state index contributed by atoms with van der Waals surface area (Å²) < 4.78 is 22.2. The van der Waals surface area contributed by atoms with Gasteiger partial charge in [-0.05, 0) is 12.5 Å². The number of rotatable bonds is 4. The molecule has 96 valence electrons. The van der Waals surface area contributed by atoms with E-state index in [4.69, 9.17) is 0 Å². The first-order chi connectivity index (χ1) is 8.47. The molecular weight excluding hydrogens is 252 g/mol. The summed E-state index contributed by atoms with van der Waals surface area (Å²) in [7, 11) is -3.08. The van der Waals surface area contributed by atoms with Gasteiger partial charge in [0.15, 0.2) is 0 Å². The number of fused-ring (bicyclic) bond motifs is 1. The van der Waals surface area contributed by atoms with Gasteiger partial charge in [0.25, 0.3) is 0 Å². The number of hydrogen-bond acceptors (Lipinski definition) is 5. The van der Waals surface area contributed by atoms with Crippen LogP contribution in [0.25, 0.3) is 11.0 Å². The summed E-state index contributed by atoms with van der Waals surface area (Å²) in [5.41, 5.74) is 1.92. The smallest absolute Gasteiger partial charge is 0.147 e. The standard InChI is InChI=1S/C12H14N2O3S/c1-18(16,17)8-5-11(15)9-3-2-4-10-12(9)14-7-6-13-10/h2-4,6-7,11,15H,5,8H2,1H3. The number of aliphatic hydroxyl groups excluding tert-OH is 1. The average Bonchev–Trinajstić information content (AvgIpc) is 2.34. The lowest BCUT2D eigenvalue weighted by Crippen LogP contribution is -2.09. The molecule has 0 saturated carbocycles. The molecule has 0 aliphatic carbocycles. The Morgan fingerprint density at radius 2 is 2.00 bits per heavy atom. The van der Waals surface area contributed by atoms with Gasteiger partial charge in [-0.1, -0.05) is 12.1 Å². The van der Waals surface area contributed by atoms with E-state index in [1.807, 2.05) is 0 Å². The predicted molar refractivity (Wildman–Crippen MR) is 68.8 cm³/mol. The van der Waals surface area contributed by atoms with Crippen LogP contribution in [0.3, 0.4) is 0 Å². The SMILES string of the molecule is CS(=O)(=O)CCC(O)c1cccc2nccnc12. The Hall–Kier alpha value is -1.53. The number of para-hydroxylation sites is 1. The topological polar surface area (TPSA) is 80.2 Å². The number of hydrogen-bond donors (Lipinski definition) is 1. The minimum atomic E-state index is -3.08. The minimum Gasteiger partial charge on any atom is -0.388 e. The zero-order valence-corrected chi connectivity index (χ0v) is 10.8. The molecule has 0 saturated heterocycles. The third kappa shape index (κ3) is 3.02. The number of nitrogens with zero attached hydrogens (tertiary/aromatic N) is 2. The molecule has 0 bridgehead atoms. The van der Waals surface area contributed by atoms with E-state index in [0.29, 0.717) is 16.6 Å². The first-order valence-corrected chi connectivity index (χ1v) is 7.59. The first-order valence-electron chi connectivity index (χ1n) is 5.53. The van der Waals surface area contributed by atoms with Crippen molar-refractivity contribution in [2.24, 2.45) is 0 Å². The van der Waals surface area contributed by atoms with Crippen LogP contribution in [0.5, 0.6) is 0 Å². The van der Waals surface area contributed by atoms with E-state index in [0.717, 1.165) is 6.26 Å². The van der Waals surface area contributed by atoms with Gasteiger partial charge in [0.05, 0.1) is 22.9 Å². The summed E-state index contributed by atoms with van der Waals surface area (Å²) in [6.07, 6.45) is 3.60. The molecule has 18 heavy (non-hydrogen) atoms. The van der Waals surface area contributed by atoms with E-state index < -0.39 is 15.9 Å². The minimum absolute atomic E-state index is 0.0508. The van der Waals surface area contributed by atoms with E-state index in [1.165, 1.54) is 0 Å². The maximum Gasteiger partial charge on any atom is 0.147 e. The molecule has 1 aromatic heterocycles. The average molecular weight is 266 g/mol. The number of sulfone groups is 1. The van der Waals surface area contributed by atoms with Crippen molar-refractivity contribution in [3.63, 3.8) is 0 Å². The third-order valence-electron chi connectivity index (χ3n) is 2.65. The van der Waals surface area contributed by atoms with Crippen molar-refractivity contribution >= 4 is 20.9 Å². The molecule has 5 nitrogen and oxygen atoms in total. The Labute approximate surface area is 105 Å². The van der Waals surface area contributed by atoms with Gasteiger partial charge in [-0.15, -0.1) is 0 Å². The molecule has 0 radical (unpaired) electrons. The van der Waals surface area contributed by atoms with Gasteiger partial charge in [0.2, 0.25) is 0 Å². The maximum absolute atomic E-state index is 11.1. The second-order valence-electron chi connectivity index (χ2n) is 4.21. The van der Waals surface area contributed by atoms with Gasteiger partial charge in [0, 0.05) is 24.2 Å². The fourth-order valence-electron chi connectivity index (χ4n) is 1.77. The molecule has 0 amide bonds. The lowest BCUT2D eigenvalue weighted by Gasteiger charge is -2.11. The summed E-state index contributed by atoms with van der Waals surface area (Å²) in [6.45, 7) is 0. The molecule has 1 aromatic carbocycles. The Balaban J connectivity index is 2.30. The fraction of sp³-hybridized carbons (Fsp3) is 0.333. The molecule has 0 aliphatic heterocycles. The highest BCUT2D eigenvalue weighted by Crippen LogP contribution is 2.23. The van der Waals surface area contributed by atoms with Crippen LogP contribution in [0.4, 0.5) is 0 Å². The van der Waals surface area contributed by atoms with Crippen LogP contribution >= 0.6 is 0 Å². The van der Waals surface area contributed by atoms with E-state index >= 15 is 0 Å². The third-order valence-corrected chi connectivity index (χ3v) is 3.63. The van der Waals surface area contributed by atoms with Gasteiger partial charge in [0.1, 0.15) is 9.84 Å². The van der Waals surface area contributed by atoms with Gasteiger partial charge in [-0.3, -0.25) is 9.97 Å². The van der Waals surface area contributed by atoms with Crippen molar-refractivity contribution in [2.45, 2.75) is 12.5 Å². The molecule has 1 N–H and O–H groups in total. The Kier molecular flexibility index (Phi) is 3.58. The Morgan fingerprint density at radius 3 is 2.72 bits per heavy atom. The van der Waals surface area contributed by atoms with Gasteiger partial charge >= 0.3 is 0 Å². The van der Waals surface area contributed by atoms with Gasteiger partial charge in [-0.2, -0.15) is 0 Å². The Bertz CT molecular complexity index is 650. The van der Waals surface area contributed by atoms with Crippen molar-refractivity contribution in [1.29, 1.82) is 0 Å². The Morgan fingerprint density at radius 1 is 1.28 bits per heavy atom. The largest absolute Gasteiger partial charge is 0.388 e. The summed E-state index contributed by atoms with van der Waals surface area (Å²) in [5.74, 6) is -0.0508. The van der Waals surface area contributed by atoms with Crippen LogP contribution in [0, 0.1) is 0 Å². The quantitative estimate of drug-likeness (QED) is 0.896. The second kappa shape index (κ2) is 4.99. The maximum atomic E-state index is 11.1. The highest BCUT2D eigenvalue weighted by molar-refractivity contribution is 7.90. The first kappa shape index (κ1) is 12.9. The molecule has 1 atom stereocenters. The summed E-state index contributed by atoms with van der Waals surface area (Å²) in [6, 6.07) is 5.31. The summed E-state index contributed by atoms with van der Waals surface area (Å²) in [4.78, 5) is 8.32. The molecule has 0 spiro atoms. The zero-order valence-electron chi connectivity index (χ0n) is 9.94. The van der Waals surface area contributed by atoms with Crippen molar-refractivity contribution in [3.05, 3.63) is 36.2 Å². The van der Waals surface area contributed by atoms with Gasteiger partial charge in [-0.25, -0.2) is 8.42 Å². The van der Waals surface area contributed by atoms with Gasteiger partial charge < -0.3 is 5.11 Å². The van der Waals surface area contributed by atoms with Crippen molar-refractivity contribution in [2.75, 3.05) is 12.0 Å². The molecule has 1 heterocycles. The summed E-state index contributed by atoms with van der Waals surface area (Å²) in [5, 5.41) is 10.0. The van der Waals surface area contributed by atoms with E-state index in [2.05, 4.69) is 9.97 Å². The van der Waals surface area contributed by atoms with E-state index in [-0.39, 0.29) is 12.2 Å². The molecule has 0 fully saturated rings. The second-order valence-corrected chi connectivity index (χ2v) is 6.47. The monoisotopic (exact) mass is 266 g/mol. The zero-order chi connectivity index (χ0) is 13.2. The van der Waals surface area contributed by atoms with Crippen LogP contribution in [0.1, 0.15) is 18.1 Å². The van der Waals surface area contributed by atoms with Crippen molar-refractivity contribution in [1.82, 2.24) is 9.97 Å². The predicted octanol–water partition coefficient (Wildman–Crippen LogP) is 1.10. The highest BCUT2D eigenvalue weighted by atomic mass is 32.2. The van der Waals surface area contributed by atoms with Crippen molar-refractivity contribution in [3.8, 4) is 0 Å². The van der Waals surface area contributed by atoms with Crippen molar-refractivity contribution < 1.29 is 13.5 Å². The van der Waals surface area contributed by atoms with E-state index in [9.17, 15) is 13.5 Å². The molecular formula is C12H14N2O3S. The summed E-state index contributed by atoms with van der Waals surface area (Å²) >= 11 is 0. The molecule has 6 heteroatoms.